The quantitative estimate of drug-likeness (QED) is 0.728. The van der Waals surface area contributed by atoms with E-state index in [0.29, 0.717) is 24.0 Å². The van der Waals surface area contributed by atoms with Crippen LogP contribution in [0.25, 0.3) is 0 Å². The van der Waals surface area contributed by atoms with E-state index in [4.69, 9.17) is 4.74 Å². The molecule has 2 N–H and O–H groups in total. The fourth-order valence-electron chi connectivity index (χ4n) is 1.85. The van der Waals surface area contributed by atoms with Gasteiger partial charge in [0.15, 0.2) is 0 Å². The van der Waals surface area contributed by atoms with Gasteiger partial charge < -0.3 is 15.4 Å². The van der Waals surface area contributed by atoms with E-state index in [0.717, 1.165) is 5.69 Å². The molecule has 0 atom stereocenters. The zero-order chi connectivity index (χ0) is 18.2. The van der Waals surface area contributed by atoms with Gasteiger partial charge in [-0.15, -0.1) is 0 Å². The van der Waals surface area contributed by atoms with Crippen molar-refractivity contribution < 1.29 is 14.3 Å². The van der Waals surface area contributed by atoms with Crippen LogP contribution in [0.2, 0.25) is 0 Å². The number of rotatable bonds is 7. The van der Waals surface area contributed by atoms with Crippen molar-refractivity contribution in [2.75, 3.05) is 23.4 Å². The van der Waals surface area contributed by atoms with Crippen LogP contribution >= 0.6 is 11.8 Å². The number of carbonyl (C=O) groups is 2. The second kappa shape index (κ2) is 9.57. The first kappa shape index (κ1) is 20.4. The highest BCUT2D eigenvalue weighted by Crippen LogP contribution is 2.17. The summed E-state index contributed by atoms with van der Waals surface area (Å²) in [6, 6.07) is 7.89. The number of carbonyl (C=O) groups excluding carboxylic acids is 2. The van der Waals surface area contributed by atoms with Crippen molar-refractivity contribution in [1.29, 1.82) is 0 Å². The van der Waals surface area contributed by atoms with Crippen molar-refractivity contribution >= 4 is 29.4 Å². The van der Waals surface area contributed by atoms with Crippen LogP contribution in [-0.2, 0) is 9.53 Å². The summed E-state index contributed by atoms with van der Waals surface area (Å²) >= 11 is 1.47. The summed E-state index contributed by atoms with van der Waals surface area (Å²) in [6.07, 6.45) is -0.433. The average Bonchev–Trinajstić information content (AvgIpc) is 2.45. The maximum Gasteiger partial charge on any atom is 0.407 e. The van der Waals surface area contributed by atoms with Crippen LogP contribution in [0.15, 0.2) is 24.3 Å². The molecule has 0 bridgehead atoms. The predicted octanol–water partition coefficient (Wildman–Crippen LogP) is 4.01. The van der Waals surface area contributed by atoms with Gasteiger partial charge in [0.1, 0.15) is 5.60 Å². The summed E-state index contributed by atoms with van der Waals surface area (Å²) in [5.41, 5.74) is 1.55. The molecule has 0 spiro atoms. The third-order valence-electron chi connectivity index (χ3n) is 3.01. The van der Waals surface area contributed by atoms with Crippen molar-refractivity contribution in [3.05, 3.63) is 29.8 Å². The highest BCUT2D eigenvalue weighted by molar-refractivity contribution is 7.99. The third-order valence-corrected chi connectivity index (χ3v) is 3.97. The van der Waals surface area contributed by atoms with Gasteiger partial charge in [0.05, 0.1) is 5.75 Å². The normalized spacial score (nSPS) is 11.2. The van der Waals surface area contributed by atoms with Crippen LogP contribution in [0.3, 0.4) is 0 Å². The minimum Gasteiger partial charge on any atom is -0.444 e. The molecule has 134 valence electrons. The van der Waals surface area contributed by atoms with Gasteiger partial charge in [0.25, 0.3) is 0 Å². The molecule has 1 aromatic rings. The van der Waals surface area contributed by atoms with Gasteiger partial charge in [-0.05, 0) is 44.4 Å². The van der Waals surface area contributed by atoms with Crippen molar-refractivity contribution in [2.24, 2.45) is 0 Å². The Morgan fingerprint density at radius 2 is 1.79 bits per heavy atom. The van der Waals surface area contributed by atoms with Crippen molar-refractivity contribution in [3.8, 4) is 0 Å². The Morgan fingerprint density at radius 1 is 1.17 bits per heavy atom. The molecule has 0 fully saturated rings. The Labute approximate surface area is 148 Å². The Balaban J connectivity index is 2.19. The summed E-state index contributed by atoms with van der Waals surface area (Å²) in [6.45, 7) is 10.2. The van der Waals surface area contributed by atoms with Crippen molar-refractivity contribution in [2.45, 2.75) is 46.1 Å². The monoisotopic (exact) mass is 352 g/mol. The van der Waals surface area contributed by atoms with Gasteiger partial charge in [-0.3, -0.25) is 4.79 Å². The standard InChI is InChI=1S/C18H28N2O3S/c1-13(2)14-6-8-15(9-7-14)20-16(21)12-24-11-10-19-17(22)23-18(3,4)5/h6-9,13H,10-12H2,1-5H3,(H,19,22)(H,20,21). The van der Waals surface area contributed by atoms with Gasteiger partial charge in [0, 0.05) is 18.0 Å². The van der Waals surface area contributed by atoms with Crippen LogP contribution < -0.4 is 10.6 Å². The van der Waals surface area contributed by atoms with E-state index < -0.39 is 11.7 Å². The number of hydrogen-bond donors (Lipinski definition) is 2. The number of thioether (sulfide) groups is 1. The maximum atomic E-state index is 11.9. The zero-order valence-electron chi connectivity index (χ0n) is 15.1. The molecule has 2 amide bonds. The zero-order valence-corrected chi connectivity index (χ0v) is 16.0. The highest BCUT2D eigenvalue weighted by atomic mass is 32.2. The van der Waals surface area contributed by atoms with Crippen LogP contribution in [0.1, 0.15) is 46.1 Å². The molecule has 0 saturated heterocycles. The van der Waals surface area contributed by atoms with E-state index in [-0.39, 0.29) is 5.91 Å². The van der Waals surface area contributed by atoms with Gasteiger partial charge in [-0.2, -0.15) is 11.8 Å². The fraction of sp³-hybridized carbons (Fsp3) is 0.556. The molecule has 6 heteroatoms. The lowest BCUT2D eigenvalue weighted by atomic mass is 10.0. The van der Waals surface area contributed by atoms with E-state index in [1.165, 1.54) is 17.3 Å². The van der Waals surface area contributed by atoms with E-state index in [1.807, 2.05) is 45.0 Å². The van der Waals surface area contributed by atoms with E-state index in [9.17, 15) is 9.59 Å². The predicted molar refractivity (Wildman–Crippen MR) is 101 cm³/mol. The molecule has 0 aliphatic heterocycles. The lowest BCUT2D eigenvalue weighted by molar-refractivity contribution is -0.113. The van der Waals surface area contributed by atoms with Gasteiger partial charge in [-0.1, -0.05) is 26.0 Å². The Kier molecular flexibility index (Phi) is 8.11. The summed E-state index contributed by atoms with van der Waals surface area (Å²) in [4.78, 5) is 23.3. The number of nitrogens with one attached hydrogen (secondary N) is 2. The van der Waals surface area contributed by atoms with Gasteiger partial charge >= 0.3 is 6.09 Å². The maximum absolute atomic E-state index is 11.9. The number of alkyl carbamates (subject to hydrolysis) is 1. The van der Waals surface area contributed by atoms with Crippen LogP contribution in [0, 0.1) is 0 Å². The number of benzene rings is 1. The number of anilines is 1. The molecule has 0 unspecified atom stereocenters. The smallest absolute Gasteiger partial charge is 0.407 e. The molecule has 1 aromatic carbocycles. The second-order valence-electron chi connectivity index (χ2n) is 6.81. The average molecular weight is 353 g/mol. The van der Waals surface area contributed by atoms with Crippen LogP contribution in [-0.4, -0.2) is 35.7 Å². The summed E-state index contributed by atoms with van der Waals surface area (Å²) in [7, 11) is 0. The molecule has 0 aliphatic carbocycles. The first-order chi connectivity index (χ1) is 11.2. The number of amides is 2. The molecular weight excluding hydrogens is 324 g/mol. The van der Waals surface area contributed by atoms with E-state index >= 15 is 0 Å². The lowest BCUT2D eigenvalue weighted by Gasteiger charge is -2.19. The van der Waals surface area contributed by atoms with Crippen LogP contribution in [0.5, 0.6) is 0 Å². The van der Waals surface area contributed by atoms with Crippen molar-refractivity contribution in [1.82, 2.24) is 5.32 Å². The first-order valence-electron chi connectivity index (χ1n) is 8.12. The Morgan fingerprint density at radius 3 is 2.33 bits per heavy atom. The minimum absolute atomic E-state index is 0.0467. The van der Waals surface area contributed by atoms with Crippen molar-refractivity contribution in [3.63, 3.8) is 0 Å². The van der Waals surface area contributed by atoms with E-state index in [2.05, 4.69) is 24.5 Å². The summed E-state index contributed by atoms with van der Waals surface area (Å²) < 4.78 is 5.13. The first-order valence-corrected chi connectivity index (χ1v) is 9.27. The molecule has 0 radical (unpaired) electrons. The number of ether oxygens (including phenoxy) is 1. The third kappa shape index (κ3) is 8.82. The van der Waals surface area contributed by atoms with Gasteiger partial charge in [-0.25, -0.2) is 4.79 Å². The number of hydrogen-bond acceptors (Lipinski definition) is 4. The molecule has 0 saturated carbocycles. The molecule has 1 rings (SSSR count). The molecule has 24 heavy (non-hydrogen) atoms. The molecular formula is C18H28N2O3S. The molecule has 0 heterocycles. The fourth-order valence-corrected chi connectivity index (χ4v) is 2.50. The minimum atomic E-state index is -0.498. The largest absolute Gasteiger partial charge is 0.444 e. The molecule has 0 aromatic heterocycles. The van der Waals surface area contributed by atoms with E-state index in [1.54, 1.807) is 0 Å². The van der Waals surface area contributed by atoms with Crippen LogP contribution in [0.4, 0.5) is 10.5 Å². The second-order valence-corrected chi connectivity index (χ2v) is 7.91. The topological polar surface area (TPSA) is 67.4 Å². The summed E-state index contributed by atoms with van der Waals surface area (Å²) in [5, 5.41) is 5.53. The highest BCUT2D eigenvalue weighted by Gasteiger charge is 2.15. The van der Waals surface area contributed by atoms with Gasteiger partial charge in [0.2, 0.25) is 5.91 Å². The summed E-state index contributed by atoms with van der Waals surface area (Å²) in [5.74, 6) is 1.43. The molecule has 0 aliphatic rings. The lowest BCUT2D eigenvalue weighted by Crippen LogP contribution is -2.33. The SMILES string of the molecule is CC(C)c1ccc(NC(=O)CSCCNC(=O)OC(C)(C)C)cc1. The Hall–Kier alpha value is -1.69. The molecule has 5 nitrogen and oxygen atoms in total. The Bertz CT molecular complexity index is 536.